The first-order chi connectivity index (χ1) is 12.9. The van der Waals surface area contributed by atoms with E-state index in [0.717, 1.165) is 0 Å². The van der Waals surface area contributed by atoms with Crippen LogP contribution in [0.3, 0.4) is 0 Å². The Morgan fingerprint density at radius 3 is 2.21 bits per heavy atom. The van der Waals surface area contributed by atoms with Gasteiger partial charge in [0.2, 0.25) is 0 Å². The van der Waals surface area contributed by atoms with Crippen molar-refractivity contribution in [1.29, 1.82) is 0 Å². The molecule has 2 rings (SSSR count). The maximum atomic E-state index is 13.1. The summed E-state index contributed by atoms with van der Waals surface area (Å²) in [4.78, 5) is 39.1. The Morgan fingerprint density at radius 1 is 1.18 bits per heavy atom. The van der Waals surface area contributed by atoms with Crippen molar-refractivity contribution in [1.82, 2.24) is 0 Å². The molecular weight excluding hydrogens is 368 g/mol. The molecule has 28 heavy (non-hydrogen) atoms. The average Bonchev–Trinajstić information content (AvgIpc) is 2.60. The van der Waals surface area contributed by atoms with Crippen LogP contribution in [0.4, 0.5) is 0 Å². The molecule has 8 heteroatoms. The lowest BCUT2D eigenvalue weighted by Gasteiger charge is -2.52. The lowest BCUT2D eigenvalue weighted by molar-refractivity contribution is -0.236. The molecule has 0 saturated heterocycles. The van der Waals surface area contributed by atoms with Crippen LogP contribution >= 0.6 is 0 Å². The summed E-state index contributed by atoms with van der Waals surface area (Å²) in [6.07, 6.45) is 2.46. The Balaban J connectivity index is 2.85. The first-order valence-corrected chi connectivity index (χ1v) is 8.99. The van der Waals surface area contributed by atoms with Gasteiger partial charge in [-0.1, -0.05) is 6.92 Å². The SMILES string of the molecule is COC(=O)[C@]12C(=O)C=CC(OC)(OC)[C@H]1C(C(=O)OC(C)(C)C)=C(O)C[C@@H]2C. The number of hydrogen-bond donors (Lipinski definition) is 1. The molecule has 2 aliphatic carbocycles. The van der Waals surface area contributed by atoms with Gasteiger partial charge >= 0.3 is 11.9 Å². The lowest BCUT2D eigenvalue weighted by Crippen LogP contribution is -2.64. The summed E-state index contributed by atoms with van der Waals surface area (Å²) in [5, 5.41) is 10.7. The number of aliphatic hydroxyl groups excluding tert-OH is 1. The van der Waals surface area contributed by atoms with Crippen molar-refractivity contribution in [2.24, 2.45) is 17.3 Å². The fourth-order valence-electron chi connectivity index (χ4n) is 4.18. The number of methoxy groups -OCH3 is 3. The van der Waals surface area contributed by atoms with E-state index >= 15 is 0 Å². The molecule has 156 valence electrons. The molecule has 0 aromatic carbocycles. The van der Waals surface area contributed by atoms with Gasteiger partial charge in [0.15, 0.2) is 11.6 Å². The largest absolute Gasteiger partial charge is 0.512 e. The van der Waals surface area contributed by atoms with Gasteiger partial charge in [-0.25, -0.2) is 4.79 Å². The van der Waals surface area contributed by atoms with Crippen LogP contribution in [0.2, 0.25) is 0 Å². The van der Waals surface area contributed by atoms with Crippen LogP contribution < -0.4 is 0 Å². The molecule has 0 aliphatic heterocycles. The van der Waals surface area contributed by atoms with E-state index in [1.807, 2.05) is 0 Å². The Kier molecular flexibility index (Phi) is 5.78. The molecule has 0 radical (unpaired) electrons. The van der Waals surface area contributed by atoms with E-state index in [9.17, 15) is 19.5 Å². The van der Waals surface area contributed by atoms with E-state index in [0.29, 0.717) is 0 Å². The molecule has 0 saturated carbocycles. The maximum absolute atomic E-state index is 13.1. The zero-order chi connectivity index (χ0) is 21.5. The highest BCUT2D eigenvalue weighted by Gasteiger charge is 2.69. The number of rotatable bonds is 4. The molecule has 0 spiro atoms. The minimum Gasteiger partial charge on any atom is -0.512 e. The van der Waals surface area contributed by atoms with Crippen molar-refractivity contribution in [3.8, 4) is 0 Å². The van der Waals surface area contributed by atoms with Gasteiger partial charge in [0.1, 0.15) is 16.8 Å². The molecule has 1 N–H and O–H groups in total. The molecule has 0 heterocycles. The number of ketones is 1. The summed E-state index contributed by atoms with van der Waals surface area (Å²) in [5.41, 5.74) is -2.90. The summed E-state index contributed by atoms with van der Waals surface area (Å²) in [6.45, 7) is 6.66. The number of ether oxygens (including phenoxy) is 4. The Hall–Kier alpha value is -2.19. The highest BCUT2D eigenvalue weighted by atomic mass is 16.7. The smallest absolute Gasteiger partial charge is 0.338 e. The molecule has 0 bridgehead atoms. The summed E-state index contributed by atoms with van der Waals surface area (Å²) in [6, 6.07) is 0. The third-order valence-corrected chi connectivity index (χ3v) is 5.39. The normalized spacial score (nSPS) is 29.3. The van der Waals surface area contributed by atoms with Crippen molar-refractivity contribution < 1.29 is 38.4 Å². The van der Waals surface area contributed by atoms with E-state index in [1.165, 1.54) is 33.5 Å². The predicted molar refractivity (Wildman–Crippen MR) is 98.1 cm³/mol. The van der Waals surface area contributed by atoms with Crippen molar-refractivity contribution in [2.45, 2.75) is 45.5 Å². The van der Waals surface area contributed by atoms with Crippen LogP contribution in [-0.4, -0.2) is 55.5 Å². The number of fused-ring (bicyclic) bond motifs is 1. The minimum atomic E-state index is -1.81. The van der Waals surface area contributed by atoms with Gasteiger partial charge in [-0.15, -0.1) is 0 Å². The summed E-state index contributed by atoms with van der Waals surface area (Å²) < 4.78 is 21.5. The van der Waals surface area contributed by atoms with Crippen molar-refractivity contribution >= 4 is 17.7 Å². The van der Waals surface area contributed by atoms with Crippen molar-refractivity contribution in [2.75, 3.05) is 21.3 Å². The second-order valence-corrected chi connectivity index (χ2v) is 8.09. The Labute approximate surface area is 164 Å². The number of hydrogen-bond acceptors (Lipinski definition) is 8. The van der Waals surface area contributed by atoms with E-state index in [4.69, 9.17) is 18.9 Å². The number of esters is 2. The average molecular weight is 396 g/mol. The fraction of sp³-hybridized carbons (Fsp3) is 0.650. The van der Waals surface area contributed by atoms with E-state index in [1.54, 1.807) is 27.7 Å². The monoisotopic (exact) mass is 396 g/mol. The standard InChI is InChI=1S/C20H28O8/c1-11-10-12(21)14(16(23)28-18(2,3)4)15-19(26-6,27-7)9-8-13(22)20(11,15)17(24)25-5/h8-9,11,15,21H,10H2,1-7H3/t11-,15+,20+/m0/s1. The molecule has 0 aromatic rings. The van der Waals surface area contributed by atoms with Crippen LogP contribution in [0, 0.1) is 17.3 Å². The minimum absolute atomic E-state index is 0.0801. The highest BCUT2D eigenvalue weighted by molar-refractivity contribution is 6.13. The van der Waals surface area contributed by atoms with E-state index in [2.05, 4.69) is 0 Å². The molecule has 8 nitrogen and oxygen atoms in total. The molecular formula is C20H28O8. The summed E-state index contributed by atoms with van der Waals surface area (Å²) >= 11 is 0. The molecule has 0 aromatic heterocycles. The van der Waals surface area contributed by atoms with Gasteiger partial charge in [-0.2, -0.15) is 0 Å². The second kappa shape index (κ2) is 7.33. The van der Waals surface area contributed by atoms with Crippen LogP contribution in [0.25, 0.3) is 0 Å². The van der Waals surface area contributed by atoms with Crippen molar-refractivity contribution in [3.63, 3.8) is 0 Å². The number of carbonyl (C=O) groups excluding carboxylic acids is 3. The second-order valence-electron chi connectivity index (χ2n) is 8.09. The lowest BCUT2D eigenvalue weighted by atomic mass is 9.53. The van der Waals surface area contributed by atoms with E-state index < -0.39 is 46.4 Å². The maximum Gasteiger partial charge on any atom is 0.338 e. The molecule has 3 atom stereocenters. The van der Waals surface area contributed by atoms with Gasteiger partial charge in [0.05, 0.1) is 18.6 Å². The molecule has 2 aliphatic rings. The van der Waals surface area contributed by atoms with Crippen molar-refractivity contribution in [3.05, 3.63) is 23.5 Å². The van der Waals surface area contributed by atoms with Gasteiger partial charge in [0.25, 0.3) is 0 Å². The quantitative estimate of drug-likeness (QED) is 0.437. The van der Waals surface area contributed by atoms with Crippen LogP contribution in [0.15, 0.2) is 23.5 Å². The van der Waals surface area contributed by atoms with Gasteiger partial charge < -0.3 is 24.1 Å². The topological polar surface area (TPSA) is 108 Å². The Morgan fingerprint density at radius 2 is 1.75 bits per heavy atom. The third kappa shape index (κ3) is 3.14. The van der Waals surface area contributed by atoms with Gasteiger partial charge in [-0.05, 0) is 38.8 Å². The first-order valence-electron chi connectivity index (χ1n) is 8.99. The molecule has 0 amide bonds. The number of allylic oxidation sites excluding steroid dienone is 2. The zero-order valence-corrected chi connectivity index (χ0v) is 17.3. The first kappa shape index (κ1) is 22.1. The third-order valence-electron chi connectivity index (χ3n) is 5.39. The van der Waals surface area contributed by atoms with E-state index in [-0.39, 0.29) is 17.8 Å². The van der Waals surface area contributed by atoms with Crippen LogP contribution in [0.5, 0.6) is 0 Å². The van der Waals surface area contributed by atoms with Gasteiger partial charge in [0, 0.05) is 20.6 Å². The number of carbonyl (C=O) groups is 3. The van der Waals surface area contributed by atoms with Crippen LogP contribution in [-0.2, 0) is 33.3 Å². The zero-order valence-electron chi connectivity index (χ0n) is 17.3. The predicted octanol–water partition coefficient (Wildman–Crippen LogP) is 2.08. The fourth-order valence-corrected chi connectivity index (χ4v) is 4.18. The summed E-state index contributed by atoms with van der Waals surface area (Å²) in [5.74, 6) is -6.13. The van der Waals surface area contributed by atoms with Gasteiger partial charge in [-0.3, -0.25) is 9.59 Å². The highest BCUT2D eigenvalue weighted by Crippen LogP contribution is 2.57. The Bertz CT molecular complexity index is 738. The number of aliphatic hydroxyl groups is 1. The van der Waals surface area contributed by atoms with Crippen LogP contribution in [0.1, 0.15) is 34.1 Å². The summed E-state index contributed by atoms with van der Waals surface area (Å²) in [7, 11) is 3.82. The molecule has 0 fully saturated rings. The molecule has 0 unspecified atom stereocenters.